The average Bonchev–Trinajstić information content (AvgIpc) is 2.73. The molecule has 94 valence electrons. The Hall–Kier alpha value is -1.14. The maximum absolute atomic E-state index is 12.0. The molecule has 0 radical (unpaired) electrons. The largest absolute Gasteiger partial charge is 0.349 e. The first-order valence-corrected chi connectivity index (χ1v) is 6.68. The van der Waals surface area contributed by atoms with Crippen LogP contribution in [0.4, 0.5) is 0 Å². The zero-order valence-corrected chi connectivity index (χ0v) is 10.7. The molecule has 1 aliphatic heterocycles. The van der Waals surface area contributed by atoms with Crippen LogP contribution < -0.4 is 15.5 Å². The molecule has 1 amide bonds. The minimum atomic E-state index is -0.464. The molecule has 1 aromatic rings. The van der Waals surface area contributed by atoms with Gasteiger partial charge in [0.1, 0.15) is 0 Å². The summed E-state index contributed by atoms with van der Waals surface area (Å²) in [6.07, 6.45) is 3.06. The van der Waals surface area contributed by atoms with E-state index in [2.05, 4.69) is 15.6 Å². The van der Waals surface area contributed by atoms with Gasteiger partial charge in [-0.3, -0.25) is 9.59 Å². The van der Waals surface area contributed by atoms with Gasteiger partial charge in [0.05, 0.1) is 12.1 Å². The molecule has 0 saturated carbocycles. The lowest BCUT2D eigenvalue weighted by Gasteiger charge is -2.33. The van der Waals surface area contributed by atoms with Crippen LogP contribution in [-0.4, -0.2) is 23.0 Å². The number of nitrogens with one attached hydrogen (secondary N) is 3. The zero-order chi connectivity index (χ0) is 12.3. The Kier molecular flexibility index (Phi) is 3.63. The standard InChI is InChI=1S/C11H17N3O2S/c1-11(4-2-3-5-13-11)9(15)12-6-8-7-17-10(16)14-8/h7,13H,2-6H2,1H3,(H,12,15)(H,14,16). The lowest BCUT2D eigenvalue weighted by atomic mass is 9.90. The quantitative estimate of drug-likeness (QED) is 0.740. The van der Waals surface area contributed by atoms with Crippen molar-refractivity contribution in [1.82, 2.24) is 15.6 Å². The van der Waals surface area contributed by atoms with Crippen molar-refractivity contribution in [3.8, 4) is 0 Å². The van der Waals surface area contributed by atoms with E-state index in [1.807, 2.05) is 6.92 Å². The molecule has 0 bridgehead atoms. The van der Waals surface area contributed by atoms with Crippen molar-refractivity contribution < 1.29 is 4.79 Å². The number of hydrogen-bond donors (Lipinski definition) is 3. The third kappa shape index (κ3) is 2.95. The molecule has 1 atom stereocenters. The molecule has 0 aromatic carbocycles. The van der Waals surface area contributed by atoms with E-state index in [4.69, 9.17) is 0 Å². The third-order valence-electron chi connectivity index (χ3n) is 3.13. The lowest BCUT2D eigenvalue weighted by molar-refractivity contribution is -0.128. The van der Waals surface area contributed by atoms with E-state index in [-0.39, 0.29) is 10.8 Å². The number of piperidine rings is 1. The molecule has 2 heterocycles. The topological polar surface area (TPSA) is 74.0 Å². The van der Waals surface area contributed by atoms with Crippen molar-refractivity contribution in [1.29, 1.82) is 0 Å². The molecule has 2 rings (SSSR count). The van der Waals surface area contributed by atoms with Gasteiger partial charge >= 0.3 is 4.87 Å². The number of carbonyl (C=O) groups excluding carboxylic acids is 1. The smallest absolute Gasteiger partial charge is 0.304 e. The minimum Gasteiger partial charge on any atom is -0.349 e. The number of hydrogen-bond acceptors (Lipinski definition) is 4. The van der Waals surface area contributed by atoms with Crippen LogP contribution in [0.3, 0.4) is 0 Å². The molecule has 0 spiro atoms. The summed E-state index contributed by atoms with van der Waals surface area (Å²) in [5, 5.41) is 7.85. The van der Waals surface area contributed by atoms with Gasteiger partial charge in [-0.05, 0) is 32.7 Å². The van der Waals surface area contributed by atoms with Crippen molar-refractivity contribution >= 4 is 17.2 Å². The van der Waals surface area contributed by atoms with E-state index >= 15 is 0 Å². The number of thiazole rings is 1. The van der Waals surface area contributed by atoms with Gasteiger partial charge in [-0.15, -0.1) is 0 Å². The Morgan fingerprint density at radius 2 is 2.41 bits per heavy atom. The number of aromatic nitrogens is 1. The maximum atomic E-state index is 12.0. The predicted molar refractivity (Wildman–Crippen MR) is 67.0 cm³/mol. The van der Waals surface area contributed by atoms with Crippen LogP contribution in [0.5, 0.6) is 0 Å². The SMILES string of the molecule is CC1(C(=O)NCc2csc(=O)[nH]2)CCCCN1. The molecular weight excluding hydrogens is 238 g/mol. The van der Waals surface area contributed by atoms with Gasteiger partial charge in [-0.1, -0.05) is 11.3 Å². The van der Waals surface area contributed by atoms with E-state index in [0.717, 1.165) is 42.8 Å². The normalized spacial score (nSPS) is 24.5. The summed E-state index contributed by atoms with van der Waals surface area (Å²) in [4.78, 5) is 25.6. The van der Waals surface area contributed by atoms with Gasteiger partial charge < -0.3 is 15.6 Å². The Morgan fingerprint density at radius 1 is 1.59 bits per heavy atom. The second-order valence-electron chi connectivity index (χ2n) is 4.57. The van der Waals surface area contributed by atoms with Gasteiger partial charge in [0.15, 0.2) is 0 Å². The van der Waals surface area contributed by atoms with Gasteiger partial charge in [0.2, 0.25) is 5.91 Å². The minimum absolute atomic E-state index is 0.00393. The van der Waals surface area contributed by atoms with Gasteiger partial charge in [-0.25, -0.2) is 0 Å². The van der Waals surface area contributed by atoms with Gasteiger partial charge in [0.25, 0.3) is 0 Å². The average molecular weight is 255 g/mol. The van der Waals surface area contributed by atoms with Crippen LogP contribution in [0.2, 0.25) is 0 Å². The highest BCUT2D eigenvalue weighted by atomic mass is 32.1. The summed E-state index contributed by atoms with van der Waals surface area (Å²) in [6, 6.07) is 0. The molecule has 6 heteroatoms. The first-order valence-electron chi connectivity index (χ1n) is 5.80. The number of amides is 1. The summed E-state index contributed by atoms with van der Waals surface area (Å²) >= 11 is 1.11. The first kappa shape index (κ1) is 12.3. The number of rotatable bonds is 3. The Bertz CT molecular complexity index is 446. The summed E-state index contributed by atoms with van der Waals surface area (Å²) in [5.74, 6) is 0.00393. The molecule has 5 nitrogen and oxygen atoms in total. The monoisotopic (exact) mass is 255 g/mol. The fourth-order valence-corrected chi connectivity index (χ4v) is 2.60. The Labute approximate surface area is 104 Å². The molecule has 3 N–H and O–H groups in total. The van der Waals surface area contributed by atoms with Gasteiger partial charge in [-0.2, -0.15) is 0 Å². The van der Waals surface area contributed by atoms with Crippen molar-refractivity contribution in [3.63, 3.8) is 0 Å². The Balaban J connectivity index is 1.90. The molecule has 1 unspecified atom stereocenters. The highest BCUT2D eigenvalue weighted by Gasteiger charge is 2.33. The van der Waals surface area contributed by atoms with Crippen molar-refractivity contribution in [2.75, 3.05) is 6.54 Å². The maximum Gasteiger partial charge on any atom is 0.304 e. The highest BCUT2D eigenvalue weighted by molar-refractivity contribution is 7.07. The van der Waals surface area contributed by atoms with Crippen LogP contribution >= 0.6 is 11.3 Å². The number of carbonyl (C=O) groups is 1. The molecule has 1 aromatic heterocycles. The highest BCUT2D eigenvalue weighted by Crippen LogP contribution is 2.18. The second kappa shape index (κ2) is 5.01. The molecular formula is C11H17N3O2S. The lowest BCUT2D eigenvalue weighted by Crippen LogP contribution is -2.56. The molecule has 1 fully saturated rings. The van der Waals surface area contributed by atoms with Crippen LogP contribution in [0.1, 0.15) is 31.9 Å². The fraction of sp³-hybridized carbons (Fsp3) is 0.636. The van der Waals surface area contributed by atoms with Crippen LogP contribution in [0.15, 0.2) is 10.2 Å². The number of aromatic amines is 1. The summed E-state index contributed by atoms with van der Waals surface area (Å²) in [6.45, 7) is 3.20. The summed E-state index contributed by atoms with van der Waals surface area (Å²) in [5.41, 5.74) is 0.293. The second-order valence-corrected chi connectivity index (χ2v) is 5.41. The molecule has 17 heavy (non-hydrogen) atoms. The third-order valence-corrected chi connectivity index (χ3v) is 3.85. The number of H-pyrrole nitrogens is 1. The van der Waals surface area contributed by atoms with Crippen LogP contribution in [0, 0.1) is 0 Å². The molecule has 1 saturated heterocycles. The summed E-state index contributed by atoms with van der Waals surface area (Å²) in [7, 11) is 0. The predicted octanol–water partition coefficient (Wildman–Crippen LogP) is 0.585. The van der Waals surface area contributed by atoms with E-state index in [9.17, 15) is 9.59 Å². The van der Waals surface area contributed by atoms with E-state index in [1.165, 1.54) is 0 Å². The van der Waals surface area contributed by atoms with E-state index in [1.54, 1.807) is 5.38 Å². The van der Waals surface area contributed by atoms with Crippen molar-refractivity contribution in [2.45, 2.75) is 38.3 Å². The van der Waals surface area contributed by atoms with E-state index < -0.39 is 5.54 Å². The van der Waals surface area contributed by atoms with E-state index in [0.29, 0.717) is 6.54 Å². The van der Waals surface area contributed by atoms with Crippen molar-refractivity contribution in [2.24, 2.45) is 0 Å². The van der Waals surface area contributed by atoms with Crippen LogP contribution in [0.25, 0.3) is 0 Å². The zero-order valence-electron chi connectivity index (χ0n) is 9.84. The Morgan fingerprint density at radius 3 is 3.00 bits per heavy atom. The van der Waals surface area contributed by atoms with Gasteiger partial charge in [0, 0.05) is 11.1 Å². The van der Waals surface area contributed by atoms with Crippen molar-refractivity contribution in [3.05, 3.63) is 20.7 Å². The summed E-state index contributed by atoms with van der Waals surface area (Å²) < 4.78 is 0. The first-order chi connectivity index (χ1) is 8.10. The molecule has 0 aliphatic carbocycles. The molecule has 1 aliphatic rings. The fourth-order valence-electron chi connectivity index (χ4n) is 2.02. The van der Waals surface area contributed by atoms with Crippen LogP contribution in [-0.2, 0) is 11.3 Å².